The molecular formula is C13H25N3O3S. The molecule has 2 aliphatic heterocycles. The van der Waals surface area contributed by atoms with Crippen LogP contribution in [0.15, 0.2) is 0 Å². The summed E-state index contributed by atoms with van der Waals surface area (Å²) in [6.45, 7) is 3.97. The van der Waals surface area contributed by atoms with E-state index in [4.69, 9.17) is 0 Å². The molecule has 1 unspecified atom stereocenters. The maximum Gasteiger partial charge on any atom is 0.279 e. The van der Waals surface area contributed by atoms with Gasteiger partial charge in [-0.25, -0.2) is 0 Å². The summed E-state index contributed by atoms with van der Waals surface area (Å²) in [5, 5.41) is 0. The van der Waals surface area contributed by atoms with Gasteiger partial charge in [0.1, 0.15) is 0 Å². The summed E-state index contributed by atoms with van der Waals surface area (Å²) >= 11 is 0. The van der Waals surface area contributed by atoms with Crippen LogP contribution in [0.3, 0.4) is 0 Å². The van der Waals surface area contributed by atoms with Crippen LogP contribution in [0.2, 0.25) is 0 Å². The zero-order valence-corrected chi connectivity index (χ0v) is 13.0. The predicted octanol–water partition coefficient (Wildman–Crippen LogP) is 0.708. The maximum atomic E-state index is 12.4. The third-order valence-electron chi connectivity index (χ3n) is 4.09. The van der Waals surface area contributed by atoms with E-state index in [1.54, 1.807) is 9.21 Å². The summed E-state index contributed by atoms with van der Waals surface area (Å²) < 4.78 is 29.1. The van der Waals surface area contributed by atoms with Crippen LogP contribution in [0.25, 0.3) is 0 Å². The van der Waals surface area contributed by atoms with Crippen LogP contribution in [-0.4, -0.2) is 55.8 Å². The molecular weight excluding hydrogens is 278 g/mol. The number of nitrogens with zero attached hydrogens (tertiary/aromatic N) is 2. The second-order valence-corrected chi connectivity index (χ2v) is 7.44. The van der Waals surface area contributed by atoms with Crippen molar-refractivity contribution in [1.29, 1.82) is 0 Å². The topological polar surface area (TPSA) is 69.7 Å². The van der Waals surface area contributed by atoms with Crippen molar-refractivity contribution in [2.24, 2.45) is 0 Å². The fourth-order valence-electron chi connectivity index (χ4n) is 2.93. The molecule has 0 bridgehead atoms. The van der Waals surface area contributed by atoms with Crippen LogP contribution in [0.4, 0.5) is 0 Å². The Morgan fingerprint density at radius 2 is 1.70 bits per heavy atom. The molecule has 2 fully saturated rings. The number of hydrogen-bond donors (Lipinski definition) is 1. The molecule has 2 heterocycles. The molecule has 0 aromatic rings. The van der Waals surface area contributed by atoms with E-state index in [0.29, 0.717) is 19.6 Å². The Bertz CT molecular complexity index is 430. The molecule has 7 heteroatoms. The predicted molar refractivity (Wildman–Crippen MR) is 77.4 cm³/mol. The van der Waals surface area contributed by atoms with Crippen LogP contribution < -0.4 is 4.72 Å². The van der Waals surface area contributed by atoms with Crippen LogP contribution in [0.1, 0.15) is 45.4 Å². The van der Waals surface area contributed by atoms with Crippen molar-refractivity contribution in [1.82, 2.24) is 13.9 Å². The lowest BCUT2D eigenvalue weighted by atomic mass is 10.1. The third kappa shape index (κ3) is 4.17. The lowest BCUT2D eigenvalue weighted by molar-refractivity contribution is -0.130. The molecule has 1 N–H and O–H groups in total. The minimum absolute atomic E-state index is 0.0173. The molecule has 2 rings (SSSR count). The molecule has 0 radical (unpaired) electrons. The summed E-state index contributed by atoms with van der Waals surface area (Å²) in [5.74, 6) is 0.0173. The molecule has 2 saturated heterocycles. The minimum Gasteiger partial charge on any atom is -0.341 e. The van der Waals surface area contributed by atoms with E-state index in [1.807, 2.05) is 0 Å². The summed E-state index contributed by atoms with van der Waals surface area (Å²) in [7, 11) is -3.41. The Labute approximate surface area is 121 Å². The summed E-state index contributed by atoms with van der Waals surface area (Å²) in [6, 6.07) is -0.152. The van der Waals surface area contributed by atoms with Crippen molar-refractivity contribution >= 4 is 16.1 Å². The maximum absolute atomic E-state index is 12.4. The van der Waals surface area contributed by atoms with Gasteiger partial charge in [0.15, 0.2) is 0 Å². The normalized spacial score (nSPS) is 26.2. The zero-order chi connectivity index (χ0) is 14.6. The monoisotopic (exact) mass is 303 g/mol. The number of rotatable bonds is 3. The van der Waals surface area contributed by atoms with Crippen molar-refractivity contribution in [2.75, 3.05) is 26.2 Å². The highest BCUT2D eigenvalue weighted by Crippen LogP contribution is 2.15. The molecule has 0 aliphatic carbocycles. The second kappa shape index (κ2) is 6.87. The quantitative estimate of drug-likeness (QED) is 0.835. The first-order valence-corrected chi connectivity index (χ1v) is 8.96. The molecule has 20 heavy (non-hydrogen) atoms. The van der Waals surface area contributed by atoms with Gasteiger partial charge in [0.25, 0.3) is 10.2 Å². The second-order valence-electron chi connectivity index (χ2n) is 5.74. The summed E-state index contributed by atoms with van der Waals surface area (Å²) in [6.07, 6.45) is 5.74. The van der Waals surface area contributed by atoms with Crippen molar-refractivity contribution in [3.63, 3.8) is 0 Å². The standard InChI is InChI=1S/C13H25N3O3S/c1-12(17)15-8-6-7-13(11-15)14-20(18,19)16-9-4-2-3-5-10-16/h13-14H,2-11H2,1H3. The molecule has 116 valence electrons. The van der Waals surface area contributed by atoms with Crippen LogP contribution in [-0.2, 0) is 15.0 Å². The largest absolute Gasteiger partial charge is 0.341 e. The van der Waals surface area contributed by atoms with Crippen LogP contribution in [0.5, 0.6) is 0 Å². The average molecular weight is 303 g/mol. The van der Waals surface area contributed by atoms with E-state index in [1.165, 1.54) is 6.92 Å². The number of carbonyl (C=O) groups excluding carboxylic acids is 1. The van der Waals surface area contributed by atoms with Crippen molar-refractivity contribution in [3.05, 3.63) is 0 Å². The van der Waals surface area contributed by atoms with Gasteiger partial charge in [-0.3, -0.25) is 4.79 Å². The fourth-order valence-corrected chi connectivity index (χ4v) is 4.43. The van der Waals surface area contributed by atoms with E-state index in [2.05, 4.69) is 4.72 Å². The number of piperidine rings is 1. The molecule has 1 amide bonds. The van der Waals surface area contributed by atoms with Gasteiger partial charge in [0.05, 0.1) is 0 Å². The summed E-state index contributed by atoms with van der Waals surface area (Å²) in [5.41, 5.74) is 0. The van der Waals surface area contributed by atoms with E-state index in [-0.39, 0.29) is 11.9 Å². The molecule has 1 atom stereocenters. The van der Waals surface area contributed by atoms with Crippen molar-refractivity contribution in [3.8, 4) is 0 Å². The van der Waals surface area contributed by atoms with Crippen LogP contribution in [0, 0.1) is 0 Å². The van der Waals surface area contributed by atoms with Gasteiger partial charge in [-0.2, -0.15) is 17.4 Å². The van der Waals surface area contributed by atoms with Crippen LogP contribution >= 0.6 is 0 Å². The number of hydrogen-bond acceptors (Lipinski definition) is 3. The fraction of sp³-hybridized carbons (Fsp3) is 0.923. The number of amides is 1. The van der Waals surface area contributed by atoms with E-state index in [0.717, 1.165) is 45.1 Å². The first-order chi connectivity index (χ1) is 9.49. The van der Waals surface area contributed by atoms with Gasteiger partial charge in [0.2, 0.25) is 5.91 Å². The highest BCUT2D eigenvalue weighted by atomic mass is 32.2. The Kier molecular flexibility index (Phi) is 5.40. The van der Waals surface area contributed by atoms with Gasteiger partial charge < -0.3 is 4.90 Å². The molecule has 0 spiro atoms. The minimum atomic E-state index is -3.41. The highest BCUT2D eigenvalue weighted by molar-refractivity contribution is 7.87. The first-order valence-electron chi connectivity index (χ1n) is 7.52. The number of likely N-dealkylation sites (tertiary alicyclic amines) is 1. The Balaban J connectivity index is 1.94. The average Bonchev–Trinajstić information content (AvgIpc) is 2.67. The highest BCUT2D eigenvalue weighted by Gasteiger charge is 2.29. The molecule has 0 aromatic heterocycles. The lowest BCUT2D eigenvalue weighted by Gasteiger charge is -2.33. The van der Waals surface area contributed by atoms with E-state index in [9.17, 15) is 13.2 Å². The SMILES string of the molecule is CC(=O)N1CCCC(NS(=O)(=O)N2CCCCCC2)C1. The van der Waals surface area contributed by atoms with Gasteiger partial charge in [-0.05, 0) is 25.7 Å². The number of carbonyl (C=O) groups is 1. The Morgan fingerprint density at radius 1 is 1.05 bits per heavy atom. The molecule has 6 nitrogen and oxygen atoms in total. The van der Waals surface area contributed by atoms with Gasteiger partial charge in [-0.15, -0.1) is 0 Å². The van der Waals surface area contributed by atoms with E-state index < -0.39 is 10.2 Å². The molecule has 0 saturated carbocycles. The van der Waals surface area contributed by atoms with Gasteiger partial charge in [0, 0.05) is 39.1 Å². The smallest absolute Gasteiger partial charge is 0.279 e. The molecule has 2 aliphatic rings. The molecule has 0 aromatic carbocycles. The van der Waals surface area contributed by atoms with Gasteiger partial charge in [-0.1, -0.05) is 12.8 Å². The Morgan fingerprint density at radius 3 is 2.30 bits per heavy atom. The van der Waals surface area contributed by atoms with Crippen molar-refractivity contribution in [2.45, 2.75) is 51.5 Å². The first kappa shape index (κ1) is 15.7. The van der Waals surface area contributed by atoms with E-state index >= 15 is 0 Å². The van der Waals surface area contributed by atoms with Gasteiger partial charge >= 0.3 is 0 Å². The zero-order valence-electron chi connectivity index (χ0n) is 12.2. The van der Waals surface area contributed by atoms with Crippen molar-refractivity contribution < 1.29 is 13.2 Å². The Hall–Kier alpha value is -0.660. The number of nitrogens with one attached hydrogen (secondary N) is 1. The third-order valence-corrected chi connectivity index (χ3v) is 5.76. The lowest BCUT2D eigenvalue weighted by Crippen LogP contribution is -2.52. The summed E-state index contributed by atoms with van der Waals surface area (Å²) in [4.78, 5) is 13.1.